The lowest BCUT2D eigenvalue weighted by atomic mass is 9.72. The fourth-order valence-electron chi connectivity index (χ4n) is 1.39. The molecule has 0 saturated heterocycles. The number of hydrogen-bond donors (Lipinski definition) is 0. The van der Waals surface area contributed by atoms with Gasteiger partial charge in [0.2, 0.25) is 0 Å². The van der Waals surface area contributed by atoms with Gasteiger partial charge < -0.3 is 4.74 Å². The molecule has 0 unspecified atom stereocenters. The molecule has 0 aromatic rings. The van der Waals surface area contributed by atoms with Gasteiger partial charge in [0.25, 0.3) is 0 Å². The SMILES string of the molecule is COC(=O)[C@H]1CC[C@H]1CC#N. The lowest BCUT2D eigenvalue weighted by Gasteiger charge is -2.32. The van der Waals surface area contributed by atoms with Crippen LogP contribution in [0.5, 0.6) is 0 Å². The first-order chi connectivity index (χ1) is 5.29. The van der Waals surface area contributed by atoms with E-state index in [1.54, 1.807) is 0 Å². The highest BCUT2D eigenvalue weighted by atomic mass is 16.5. The van der Waals surface area contributed by atoms with Crippen LogP contribution >= 0.6 is 0 Å². The Morgan fingerprint density at radius 1 is 1.73 bits per heavy atom. The van der Waals surface area contributed by atoms with Crippen LogP contribution in [0.25, 0.3) is 0 Å². The quantitative estimate of drug-likeness (QED) is 0.558. The van der Waals surface area contributed by atoms with Crippen LogP contribution in [0.3, 0.4) is 0 Å². The summed E-state index contributed by atoms with van der Waals surface area (Å²) < 4.78 is 4.58. The van der Waals surface area contributed by atoms with E-state index in [4.69, 9.17) is 5.26 Å². The summed E-state index contributed by atoms with van der Waals surface area (Å²) in [4.78, 5) is 10.9. The lowest BCUT2D eigenvalue weighted by Crippen LogP contribution is -2.33. The zero-order valence-corrected chi connectivity index (χ0v) is 6.54. The molecule has 0 aliphatic heterocycles. The van der Waals surface area contributed by atoms with E-state index in [-0.39, 0.29) is 17.8 Å². The van der Waals surface area contributed by atoms with Gasteiger partial charge in [-0.2, -0.15) is 5.26 Å². The predicted molar refractivity (Wildman–Crippen MR) is 38.5 cm³/mol. The highest BCUT2D eigenvalue weighted by molar-refractivity contribution is 5.73. The van der Waals surface area contributed by atoms with Crippen molar-refractivity contribution < 1.29 is 9.53 Å². The molecule has 60 valence electrons. The molecule has 1 aliphatic carbocycles. The van der Waals surface area contributed by atoms with Gasteiger partial charge in [0.05, 0.1) is 19.1 Å². The lowest BCUT2D eigenvalue weighted by molar-refractivity contribution is -0.151. The van der Waals surface area contributed by atoms with Gasteiger partial charge in [0.15, 0.2) is 0 Å². The van der Waals surface area contributed by atoms with E-state index in [9.17, 15) is 4.79 Å². The Bertz CT molecular complexity index is 195. The van der Waals surface area contributed by atoms with Crippen molar-refractivity contribution in [2.45, 2.75) is 19.3 Å². The number of methoxy groups -OCH3 is 1. The van der Waals surface area contributed by atoms with Crippen LogP contribution in [0.1, 0.15) is 19.3 Å². The first-order valence-corrected chi connectivity index (χ1v) is 3.74. The molecule has 0 bridgehead atoms. The highest BCUT2D eigenvalue weighted by Gasteiger charge is 2.36. The van der Waals surface area contributed by atoms with Gasteiger partial charge in [-0.25, -0.2) is 0 Å². The van der Waals surface area contributed by atoms with Gasteiger partial charge in [0, 0.05) is 6.42 Å². The number of nitrogens with zero attached hydrogens (tertiary/aromatic N) is 1. The average molecular weight is 153 g/mol. The molecule has 0 heterocycles. The van der Waals surface area contributed by atoms with Crippen LogP contribution in [0, 0.1) is 23.2 Å². The van der Waals surface area contributed by atoms with E-state index in [2.05, 4.69) is 10.8 Å². The van der Waals surface area contributed by atoms with Gasteiger partial charge in [-0.1, -0.05) is 0 Å². The van der Waals surface area contributed by atoms with Crippen LogP contribution in [-0.4, -0.2) is 13.1 Å². The van der Waals surface area contributed by atoms with E-state index < -0.39 is 0 Å². The summed E-state index contributed by atoms with van der Waals surface area (Å²) >= 11 is 0. The summed E-state index contributed by atoms with van der Waals surface area (Å²) in [6, 6.07) is 2.07. The molecule has 0 aromatic heterocycles. The maximum absolute atomic E-state index is 10.9. The van der Waals surface area contributed by atoms with E-state index in [0.29, 0.717) is 6.42 Å². The molecule has 1 aliphatic rings. The Morgan fingerprint density at radius 2 is 2.45 bits per heavy atom. The summed E-state index contributed by atoms with van der Waals surface area (Å²) in [5.74, 6) is 0.101. The van der Waals surface area contributed by atoms with Crippen molar-refractivity contribution in [2.24, 2.45) is 11.8 Å². The zero-order chi connectivity index (χ0) is 8.27. The summed E-state index contributed by atoms with van der Waals surface area (Å²) in [5, 5.41) is 8.37. The van der Waals surface area contributed by atoms with Gasteiger partial charge in [-0.05, 0) is 18.8 Å². The Morgan fingerprint density at radius 3 is 2.82 bits per heavy atom. The standard InChI is InChI=1S/C8H11NO2/c1-11-8(10)7-3-2-6(7)4-5-9/h6-7H,2-4H2,1H3/t6-,7-/m0/s1. The third-order valence-corrected chi connectivity index (χ3v) is 2.27. The molecule has 1 rings (SSSR count). The molecule has 1 saturated carbocycles. The van der Waals surface area contributed by atoms with Crippen LogP contribution in [0.4, 0.5) is 0 Å². The second kappa shape index (κ2) is 3.38. The highest BCUT2D eigenvalue weighted by Crippen LogP contribution is 2.37. The van der Waals surface area contributed by atoms with Gasteiger partial charge >= 0.3 is 5.97 Å². The smallest absolute Gasteiger partial charge is 0.308 e. The average Bonchev–Trinajstić information content (AvgIpc) is 1.98. The monoisotopic (exact) mass is 153 g/mol. The molecule has 0 radical (unpaired) electrons. The van der Waals surface area contributed by atoms with Crippen LogP contribution in [0.2, 0.25) is 0 Å². The van der Waals surface area contributed by atoms with Crippen molar-refractivity contribution in [1.82, 2.24) is 0 Å². The molecule has 1 fully saturated rings. The summed E-state index contributed by atoms with van der Waals surface area (Å²) in [6.07, 6.45) is 2.37. The fraction of sp³-hybridized carbons (Fsp3) is 0.750. The Balaban J connectivity index is 2.38. The minimum atomic E-state index is -0.156. The van der Waals surface area contributed by atoms with Gasteiger partial charge in [0.1, 0.15) is 0 Å². The Hall–Kier alpha value is -1.04. The molecule has 2 atom stereocenters. The van der Waals surface area contributed by atoms with E-state index in [1.807, 2.05) is 0 Å². The first kappa shape index (κ1) is 8.06. The first-order valence-electron chi connectivity index (χ1n) is 3.74. The number of ether oxygens (including phenoxy) is 1. The second-order valence-electron chi connectivity index (χ2n) is 2.83. The van der Waals surface area contributed by atoms with Crippen molar-refractivity contribution in [3.05, 3.63) is 0 Å². The maximum Gasteiger partial charge on any atom is 0.308 e. The Labute approximate surface area is 66.0 Å². The number of rotatable bonds is 2. The number of carbonyl (C=O) groups is 1. The molecule has 3 nitrogen and oxygen atoms in total. The minimum absolute atomic E-state index is 0.000324. The molecule has 0 aromatic carbocycles. The topological polar surface area (TPSA) is 50.1 Å². The van der Waals surface area contributed by atoms with Crippen LogP contribution < -0.4 is 0 Å². The van der Waals surface area contributed by atoms with Crippen molar-refractivity contribution in [2.75, 3.05) is 7.11 Å². The summed E-state index contributed by atoms with van der Waals surface area (Å²) in [5.41, 5.74) is 0. The zero-order valence-electron chi connectivity index (χ0n) is 6.54. The van der Waals surface area contributed by atoms with Gasteiger partial charge in [-0.15, -0.1) is 0 Å². The Kier molecular flexibility index (Phi) is 2.48. The van der Waals surface area contributed by atoms with E-state index >= 15 is 0 Å². The molecule has 0 amide bonds. The third-order valence-electron chi connectivity index (χ3n) is 2.27. The normalized spacial score (nSPS) is 28.4. The fourth-order valence-corrected chi connectivity index (χ4v) is 1.39. The van der Waals surface area contributed by atoms with E-state index in [1.165, 1.54) is 7.11 Å². The van der Waals surface area contributed by atoms with Crippen molar-refractivity contribution in [3.63, 3.8) is 0 Å². The number of esters is 1. The van der Waals surface area contributed by atoms with Crippen molar-refractivity contribution in [3.8, 4) is 6.07 Å². The third kappa shape index (κ3) is 1.51. The molecular formula is C8H11NO2. The number of carbonyl (C=O) groups excluding carboxylic acids is 1. The van der Waals surface area contributed by atoms with Crippen molar-refractivity contribution in [1.29, 1.82) is 5.26 Å². The molecular weight excluding hydrogens is 142 g/mol. The second-order valence-corrected chi connectivity index (χ2v) is 2.83. The molecule has 0 spiro atoms. The number of hydrogen-bond acceptors (Lipinski definition) is 3. The molecule has 11 heavy (non-hydrogen) atoms. The number of nitriles is 1. The molecule has 3 heteroatoms. The largest absolute Gasteiger partial charge is 0.469 e. The predicted octanol–water partition coefficient (Wildman–Crippen LogP) is 1.10. The minimum Gasteiger partial charge on any atom is -0.469 e. The maximum atomic E-state index is 10.9. The van der Waals surface area contributed by atoms with Gasteiger partial charge in [-0.3, -0.25) is 4.79 Å². The summed E-state index contributed by atoms with van der Waals surface area (Å²) in [6.45, 7) is 0. The van der Waals surface area contributed by atoms with Crippen molar-refractivity contribution >= 4 is 5.97 Å². The van der Waals surface area contributed by atoms with Crippen LogP contribution in [0.15, 0.2) is 0 Å². The summed E-state index contributed by atoms with van der Waals surface area (Å²) in [7, 11) is 1.39. The van der Waals surface area contributed by atoms with E-state index in [0.717, 1.165) is 12.8 Å². The molecule has 0 N–H and O–H groups in total. The van der Waals surface area contributed by atoms with Crippen LogP contribution in [-0.2, 0) is 9.53 Å².